The van der Waals surface area contributed by atoms with Gasteiger partial charge in [0.2, 0.25) is 5.91 Å². The van der Waals surface area contributed by atoms with Gasteiger partial charge >= 0.3 is 6.18 Å². The molecule has 0 spiro atoms. The van der Waals surface area contributed by atoms with E-state index in [0.717, 1.165) is 17.8 Å². The van der Waals surface area contributed by atoms with Crippen LogP contribution in [0.4, 0.5) is 13.2 Å². The number of nitrogens with one attached hydrogen (secondary N) is 1. The number of hydrogen-bond donors (Lipinski definition) is 1. The molecule has 1 heterocycles. The first-order valence-electron chi connectivity index (χ1n) is 7.71. The summed E-state index contributed by atoms with van der Waals surface area (Å²) in [5, 5.41) is 11.0. The van der Waals surface area contributed by atoms with Crippen LogP contribution < -0.4 is 5.32 Å². The average Bonchev–Trinajstić information content (AvgIpc) is 2.53. The van der Waals surface area contributed by atoms with Crippen LogP contribution in [0.25, 0.3) is 0 Å². The molecule has 0 saturated heterocycles. The van der Waals surface area contributed by atoms with Crippen LogP contribution in [0.15, 0.2) is 11.1 Å². The van der Waals surface area contributed by atoms with Crippen molar-refractivity contribution in [3.63, 3.8) is 0 Å². The third kappa shape index (κ3) is 6.55. The van der Waals surface area contributed by atoms with Crippen molar-refractivity contribution in [2.45, 2.75) is 43.6 Å². The van der Waals surface area contributed by atoms with Crippen LogP contribution in [0.5, 0.6) is 0 Å². The number of aryl methyl sites for hydroxylation is 1. The summed E-state index contributed by atoms with van der Waals surface area (Å²) in [6.45, 7) is 6.36. The summed E-state index contributed by atoms with van der Waals surface area (Å²) < 4.78 is 44.4. The third-order valence-electron chi connectivity index (χ3n) is 3.16. The summed E-state index contributed by atoms with van der Waals surface area (Å²) in [4.78, 5) is 16.0. The van der Waals surface area contributed by atoms with Crippen LogP contribution in [-0.4, -0.2) is 35.9 Å². The number of alkyl halides is 3. The van der Waals surface area contributed by atoms with Crippen LogP contribution in [0.1, 0.15) is 37.1 Å². The molecule has 1 N–H and O–H groups in total. The highest BCUT2D eigenvalue weighted by Crippen LogP contribution is 2.36. The number of carbonyl (C=O) groups excluding carboxylic acids is 1. The SMILES string of the molecule is CCOCCCNC(=O)C(C)Sc1nc(C)cc(C(F)(F)F)c1C#N. The molecule has 138 valence electrons. The largest absolute Gasteiger partial charge is 0.417 e. The Hall–Kier alpha value is -1.79. The molecule has 1 aromatic rings. The number of nitriles is 1. The van der Waals surface area contributed by atoms with Gasteiger partial charge < -0.3 is 10.1 Å². The molecule has 1 aromatic heterocycles. The fraction of sp³-hybridized carbons (Fsp3) is 0.562. The van der Waals surface area contributed by atoms with E-state index < -0.39 is 22.6 Å². The first kappa shape index (κ1) is 21.3. The number of aromatic nitrogens is 1. The molecular formula is C16H20F3N3O2S. The zero-order valence-electron chi connectivity index (χ0n) is 14.2. The summed E-state index contributed by atoms with van der Waals surface area (Å²) in [6.07, 6.45) is -4.01. The van der Waals surface area contributed by atoms with Gasteiger partial charge in [-0.3, -0.25) is 4.79 Å². The summed E-state index contributed by atoms with van der Waals surface area (Å²) in [6, 6.07) is 2.39. The molecule has 25 heavy (non-hydrogen) atoms. The van der Waals surface area contributed by atoms with Gasteiger partial charge in [-0.15, -0.1) is 0 Å². The second kappa shape index (κ2) is 9.63. The average molecular weight is 375 g/mol. The number of nitrogens with zero attached hydrogens (tertiary/aromatic N) is 2. The molecule has 9 heteroatoms. The molecule has 0 aromatic carbocycles. The van der Waals surface area contributed by atoms with Gasteiger partial charge in [0.05, 0.1) is 16.4 Å². The van der Waals surface area contributed by atoms with E-state index in [-0.39, 0.29) is 16.6 Å². The highest BCUT2D eigenvalue weighted by atomic mass is 32.2. The van der Waals surface area contributed by atoms with Gasteiger partial charge in [-0.2, -0.15) is 18.4 Å². The zero-order chi connectivity index (χ0) is 19.0. The van der Waals surface area contributed by atoms with Crippen molar-refractivity contribution in [2.24, 2.45) is 0 Å². The second-order valence-electron chi connectivity index (χ2n) is 5.20. The number of pyridine rings is 1. The number of ether oxygens (including phenoxy) is 1. The van der Waals surface area contributed by atoms with Gasteiger partial charge in [0.1, 0.15) is 11.1 Å². The molecule has 0 aliphatic heterocycles. The zero-order valence-corrected chi connectivity index (χ0v) is 15.1. The van der Waals surface area contributed by atoms with Crippen LogP contribution in [0.3, 0.4) is 0 Å². The van der Waals surface area contributed by atoms with Crippen LogP contribution in [0.2, 0.25) is 0 Å². The molecule has 0 radical (unpaired) electrons. The Labute approximate surface area is 149 Å². The Kier molecular flexibility index (Phi) is 8.19. The van der Waals surface area contributed by atoms with Crippen molar-refractivity contribution < 1.29 is 22.7 Å². The lowest BCUT2D eigenvalue weighted by molar-refractivity contribution is -0.138. The van der Waals surface area contributed by atoms with Gasteiger partial charge in [0.15, 0.2) is 0 Å². The standard InChI is InChI=1S/C16H20F3N3O2S/c1-4-24-7-5-6-21-14(23)11(3)25-15-12(9-20)13(16(17,18)19)8-10(2)22-15/h8,11H,4-7H2,1-3H3,(H,21,23). The Morgan fingerprint density at radius 3 is 2.76 bits per heavy atom. The fourth-order valence-electron chi connectivity index (χ4n) is 1.96. The minimum atomic E-state index is -4.65. The van der Waals surface area contributed by atoms with E-state index in [4.69, 9.17) is 10.00 Å². The van der Waals surface area contributed by atoms with Crippen molar-refractivity contribution in [1.29, 1.82) is 5.26 Å². The molecule has 0 fully saturated rings. The summed E-state index contributed by atoms with van der Waals surface area (Å²) >= 11 is 0.839. The lowest BCUT2D eigenvalue weighted by atomic mass is 10.1. The van der Waals surface area contributed by atoms with Gasteiger partial charge in [0.25, 0.3) is 0 Å². The predicted molar refractivity (Wildman–Crippen MR) is 88.1 cm³/mol. The topological polar surface area (TPSA) is 75.0 Å². The van der Waals surface area contributed by atoms with E-state index >= 15 is 0 Å². The van der Waals surface area contributed by atoms with E-state index in [1.54, 1.807) is 13.0 Å². The second-order valence-corrected chi connectivity index (χ2v) is 6.53. The Bertz CT molecular complexity index is 645. The van der Waals surface area contributed by atoms with E-state index in [2.05, 4.69) is 10.3 Å². The molecule has 1 unspecified atom stereocenters. The van der Waals surface area contributed by atoms with Gasteiger partial charge in [-0.05, 0) is 33.3 Å². The van der Waals surface area contributed by atoms with Gasteiger partial charge in [-0.25, -0.2) is 4.98 Å². The van der Waals surface area contributed by atoms with Crippen LogP contribution in [0, 0.1) is 18.3 Å². The van der Waals surface area contributed by atoms with Gasteiger partial charge in [0, 0.05) is 25.5 Å². The quantitative estimate of drug-likeness (QED) is 0.557. The van der Waals surface area contributed by atoms with Crippen molar-refractivity contribution in [3.8, 4) is 6.07 Å². The minimum absolute atomic E-state index is 0.0909. The molecule has 0 aliphatic rings. The van der Waals surface area contributed by atoms with Crippen molar-refractivity contribution in [3.05, 3.63) is 22.9 Å². The number of amides is 1. The Balaban J connectivity index is 2.83. The lowest BCUT2D eigenvalue weighted by Gasteiger charge is -2.15. The normalized spacial score (nSPS) is 12.5. The number of carbonyl (C=O) groups is 1. The van der Waals surface area contributed by atoms with E-state index in [0.29, 0.717) is 26.2 Å². The number of rotatable bonds is 8. The maximum atomic E-state index is 13.1. The van der Waals surface area contributed by atoms with Crippen LogP contribution >= 0.6 is 11.8 Å². The first-order chi connectivity index (χ1) is 11.7. The minimum Gasteiger partial charge on any atom is -0.382 e. The molecular weight excluding hydrogens is 355 g/mol. The van der Waals surface area contributed by atoms with Crippen molar-refractivity contribution in [2.75, 3.05) is 19.8 Å². The lowest BCUT2D eigenvalue weighted by Crippen LogP contribution is -2.32. The summed E-state index contributed by atoms with van der Waals surface area (Å²) in [5.74, 6) is -0.331. The maximum Gasteiger partial charge on any atom is 0.417 e. The monoisotopic (exact) mass is 375 g/mol. The van der Waals surface area contributed by atoms with Gasteiger partial charge in [-0.1, -0.05) is 11.8 Å². The summed E-state index contributed by atoms with van der Waals surface area (Å²) in [7, 11) is 0. The molecule has 1 rings (SSSR count). The van der Waals surface area contributed by atoms with Crippen molar-refractivity contribution >= 4 is 17.7 Å². The Morgan fingerprint density at radius 1 is 1.52 bits per heavy atom. The maximum absolute atomic E-state index is 13.1. The molecule has 0 aliphatic carbocycles. The fourth-order valence-corrected chi connectivity index (χ4v) is 2.95. The number of hydrogen-bond acceptors (Lipinski definition) is 5. The van der Waals surface area contributed by atoms with E-state index in [1.165, 1.54) is 6.92 Å². The highest BCUT2D eigenvalue weighted by molar-refractivity contribution is 8.00. The van der Waals surface area contributed by atoms with Crippen molar-refractivity contribution in [1.82, 2.24) is 10.3 Å². The third-order valence-corrected chi connectivity index (χ3v) is 4.24. The molecule has 1 atom stereocenters. The molecule has 0 saturated carbocycles. The number of thioether (sulfide) groups is 1. The summed E-state index contributed by atoms with van der Waals surface area (Å²) in [5.41, 5.74) is -1.45. The van der Waals surface area contributed by atoms with E-state index in [9.17, 15) is 18.0 Å². The predicted octanol–water partition coefficient (Wildman–Crippen LogP) is 3.30. The first-order valence-corrected chi connectivity index (χ1v) is 8.59. The smallest absolute Gasteiger partial charge is 0.382 e. The molecule has 5 nitrogen and oxygen atoms in total. The highest BCUT2D eigenvalue weighted by Gasteiger charge is 2.36. The van der Waals surface area contributed by atoms with Crippen LogP contribution in [-0.2, 0) is 15.7 Å². The number of halogens is 3. The Morgan fingerprint density at radius 2 is 2.20 bits per heavy atom. The molecule has 0 bridgehead atoms. The van der Waals surface area contributed by atoms with E-state index in [1.807, 2.05) is 6.92 Å². The molecule has 1 amide bonds.